The molecule has 5 nitrogen and oxygen atoms in total. The van der Waals surface area contributed by atoms with Gasteiger partial charge in [0.1, 0.15) is 0 Å². The molecule has 0 aliphatic carbocycles. The van der Waals surface area contributed by atoms with Gasteiger partial charge >= 0.3 is 5.97 Å². The van der Waals surface area contributed by atoms with Crippen LogP contribution in [0.15, 0.2) is 18.3 Å². The molecule has 0 aliphatic rings. The number of hydrogen-bond acceptors (Lipinski definition) is 4. The standard InChI is InChI=1S/C12H18N2O3/c1-9(2)14(5-6-15)8-11-4-3-10(7-13-11)12(16)17/h3-4,7,9,15H,5-6,8H2,1-2H3,(H,16,17). The summed E-state index contributed by atoms with van der Waals surface area (Å²) in [6, 6.07) is 3.56. The lowest BCUT2D eigenvalue weighted by atomic mass is 10.2. The Morgan fingerprint density at radius 1 is 1.47 bits per heavy atom. The van der Waals surface area contributed by atoms with E-state index in [1.807, 2.05) is 13.8 Å². The lowest BCUT2D eigenvalue weighted by Gasteiger charge is -2.24. The number of aliphatic hydroxyl groups excluding tert-OH is 1. The fourth-order valence-corrected chi connectivity index (χ4v) is 1.50. The number of pyridine rings is 1. The first-order valence-corrected chi connectivity index (χ1v) is 5.57. The van der Waals surface area contributed by atoms with Gasteiger partial charge < -0.3 is 10.2 Å². The zero-order valence-corrected chi connectivity index (χ0v) is 10.1. The first kappa shape index (κ1) is 13.6. The average molecular weight is 238 g/mol. The van der Waals surface area contributed by atoms with E-state index < -0.39 is 5.97 Å². The monoisotopic (exact) mass is 238 g/mol. The lowest BCUT2D eigenvalue weighted by Crippen LogP contribution is -2.33. The summed E-state index contributed by atoms with van der Waals surface area (Å²) in [6.07, 6.45) is 1.36. The van der Waals surface area contributed by atoms with Crippen molar-refractivity contribution >= 4 is 5.97 Å². The van der Waals surface area contributed by atoms with Crippen molar-refractivity contribution in [1.82, 2.24) is 9.88 Å². The first-order valence-electron chi connectivity index (χ1n) is 5.57. The van der Waals surface area contributed by atoms with Gasteiger partial charge in [0.25, 0.3) is 0 Å². The predicted octanol–water partition coefficient (Wildman–Crippen LogP) is 0.983. The second kappa shape index (κ2) is 6.32. The van der Waals surface area contributed by atoms with E-state index >= 15 is 0 Å². The van der Waals surface area contributed by atoms with Crippen LogP contribution in [-0.4, -0.2) is 45.3 Å². The second-order valence-electron chi connectivity index (χ2n) is 4.13. The van der Waals surface area contributed by atoms with Crippen molar-refractivity contribution in [2.45, 2.75) is 26.4 Å². The maximum absolute atomic E-state index is 10.7. The summed E-state index contributed by atoms with van der Waals surface area (Å²) in [6.45, 7) is 5.38. The van der Waals surface area contributed by atoms with Gasteiger partial charge in [0.15, 0.2) is 0 Å². The molecule has 1 heterocycles. The molecular weight excluding hydrogens is 220 g/mol. The average Bonchev–Trinajstić information content (AvgIpc) is 2.29. The molecule has 94 valence electrons. The molecule has 1 rings (SSSR count). The number of carboxylic acids is 1. The highest BCUT2D eigenvalue weighted by Gasteiger charge is 2.10. The van der Waals surface area contributed by atoms with E-state index in [1.165, 1.54) is 6.20 Å². The molecule has 0 atom stereocenters. The van der Waals surface area contributed by atoms with Crippen LogP contribution in [0, 0.1) is 0 Å². The molecule has 0 aliphatic heterocycles. The number of rotatable bonds is 6. The summed E-state index contributed by atoms with van der Waals surface area (Å²) >= 11 is 0. The van der Waals surface area contributed by atoms with Crippen LogP contribution >= 0.6 is 0 Å². The molecule has 0 aromatic carbocycles. The van der Waals surface area contributed by atoms with Crippen molar-refractivity contribution < 1.29 is 15.0 Å². The van der Waals surface area contributed by atoms with Gasteiger partial charge in [-0.25, -0.2) is 4.79 Å². The number of hydrogen-bond donors (Lipinski definition) is 2. The fraction of sp³-hybridized carbons (Fsp3) is 0.500. The largest absolute Gasteiger partial charge is 0.478 e. The minimum absolute atomic E-state index is 0.103. The summed E-state index contributed by atoms with van der Waals surface area (Å²) in [5.74, 6) is -0.972. The highest BCUT2D eigenvalue weighted by atomic mass is 16.4. The molecule has 1 aromatic rings. The maximum Gasteiger partial charge on any atom is 0.337 e. The van der Waals surface area contributed by atoms with Crippen LogP contribution in [0.4, 0.5) is 0 Å². The Balaban J connectivity index is 2.69. The Morgan fingerprint density at radius 3 is 2.59 bits per heavy atom. The Hall–Kier alpha value is -1.46. The summed E-state index contributed by atoms with van der Waals surface area (Å²) < 4.78 is 0. The van der Waals surface area contributed by atoms with Gasteiger partial charge in [0.2, 0.25) is 0 Å². The van der Waals surface area contributed by atoms with Gasteiger partial charge in [-0.2, -0.15) is 0 Å². The van der Waals surface area contributed by atoms with E-state index in [4.69, 9.17) is 10.2 Å². The van der Waals surface area contributed by atoms with Gasteiger partial charge in [0, 0.05) is 25.3 Å². The number of aliphatic hydroxyl groups is 1. The minimum Gasteiger partial charge on any atom is -0.478 e. The van der Waals surface area contributed by atoms with Gasteiger partial charge in [-0.05, 0) is 26.0 Å². The van der Waals surface area contributed by atoms with Crippen LogP contribution in [0.1, 0.15) is 29.9 Å². The molecule has 0 saturated heterocycles. The second-order valence-corrected chi connectivity index (χ2v) is 4.13. The number of carbonyl (C=O) groups is 1. The minimum atomic E-state index is -0.972. The van der Waals surface area contributed by atoms with E-state index in [-0.39, 0.29) is 12.2 Å². The van der Waals surface area contributed by atoms with Crippen molar-refractivity contribution in [3.05, 3.63) is 29.6 Å². The molecule has 0 amide bonds. The highest BCUT2D eigenvalue weighted by Crippen LogP contribution is 2.07. The molecule has 2 N–H and O–H groups in total. The molecule has 0 unspecified atom stereocenters. The maximum atomic E-state index is 10.7. The van der Waals surface area contributed by atoms with Crippen molar-refractivity contribution in [3.63, 3.8) is 0 Å². The molecule has 0 bridgehead atoms. The SMILES string of the molecule is CC(C)N(CCO)Cc1ccc(C(=O)O)cn1. The zero-order valence-electron chi connectivity index (χ0n) is 10.1. The van der Waals surface area contributed by atoms with Crippen LogP contribution in [0.5, 0.6) is 0 Å². The number of aromatic carboxylic acids is 1. The molecule has 5 heteroatoms. The smallest absolute Gasteiger partial charge is 0.337 e. The normalized spacial score (nSPS) is 11.1. The van der Waals surface area contributed by atoms with Gasteiger partial charge in [-0.3, -0.25) is 9.88 Å². The summed E-state index contributed by atoms with van der Waals surface area (Å²) in [5.41, 5.74) is 0.990. The Bertz CT molecular complexity index is 363. The Labute approximate surface area is 101 Å². The van der Waals surface area contributed by atoms with Crippen LogP contribution in [-0.2, 0) is 6.54 Å². The van der Waals surface area contributed by atoms with Crippen LogP contribution in [0.25, 0.3) is 0 Å². The quantitative estimate of drug-likeness (QED) is 0.773. The predicted molar refractivity (Wildman–Crippen MR) is 63.8 cm³/mol. The first-order chi connectivity index (χ1) is 8.04. The van der Waals surface area contributed by atoms with E-state index in [1.54, 1.807) is 12.1 Å². The van der Waals surface area contributed by atoms with Crippen LogP contribution in [0.2, 0.25) is 0 Å². The third kappa shape index (κ3) is 4.13. The highest BCUT2D eigenvalue weighted by molar-refractivity contribution is 5.87. The molecule has 0 radical (unpaired) electrons. The topological polar surface area (TPSA) is 73.7 Å². The van der Waals surface area contributed by atoms with Gasteiger partial charge in [0.05, 0.1) is 17.9 Å². The van der Waals surface area contributed by atoms with E-state index in [9.17, 15) is 4.79 Å². The fourth-order valence-electron chi connectivity index (χ4n) is 1.50. The van der Waals surface area contributed by atoms with Crippen molar-refractivity contribution in [1.29, 1.82) is 0 Å². The summed E-state index contributed by atoms with van der Waals surface area (Å²) in [5, 5.41) is 17.7. The van der Waals surface area contributed by atoms with Crippen LogP contribution in [0.3, 0.4) is 0 Å². The number of carboxylic acid groups (broad SMARTS) is 1. The molecule has 0 spiro atoms. The molecule has 0 saturated carbocycles. The lowest BCUT2D eigenvalue weighted by molar-refractivity contribution is 0.0696. The molecular formula is C12H18N2O3. The molecule has 17 heavy (non-hydrogen) atoms. The molecule has 0 fully saturated rings. The third-order valence-corrected chi connectivity index (χ3v) is 2.55. The van der Waals surface area contributed by atoms with E-state index in [0.717, 1.165) is 5.69 Å². The third-order valence-electron chi connectivity index (χ3n) is 2.55. The molecule has 1 aromatic heterocycles. The summed E-state index contributed by atoms with van der Waals surface area (Å²) in [4.78, 5) is 16.8. The van der Waals surface area contributed by atoms with Crippen molar-refractivity contribution in [3.8, 4) is 0 Å². The van der Waals surface area contributed by atoms with Gasteiger partial charge in [-0.1, -0.05) is 0 Å². The zero-order chi connectivity index (χ0) is 12.8. The van der Waals surface area contributed by atoms with Crippen molar-refractivity contribution in [2.24, 2.45) is 0 Å². The van der Waals surface area contributed by atoms with Gasteiger partial charge in [-0.15, -0.1) is 0 Å². The van der Waals surface area contributed by atoms with E-state index in [2.05, 4.69) is 9.88 Å². The Morgan fingerprint density at radius 2 is 2.18 bits per heavy atom. The van der Waals surface area contributed by atoms with Crippen molar-refractivity contribution in [2.75, 3.05) is 13.2 Å². The number of nitrogens with zero attached hydrogens (tertiary/aromatic N) is 2. The summed E-state index contributed by atoms with van der Waals surface area (Å²) in [7, 11) is 0. The van der Waals surface area contributed by atoms with E-state index in [0.29, 0.717) is 19.1 Å². The number of aromatic nitrogens is 1. The van der Waals surface area contributed by atoms with Crippen LogP contribution < -0.4 is 0 Å². The Kier molecular flexibility index (Phi) is 5.06.